The van der Waals surface area contributed by atoms with Crippen LogP contribution >= 0.6 is 27.7 Å². The molecule has 1 N–H and O–H groups in total. The quantitative estimate of drug-likeness (QED) is 0.207. The molecule has 1 spiro atoms. The molecule has 3 aliphatic rings. The molecule has 0 aromatic carbocycles. The van der Waals surface area contributed by atoms with Crippen molar-refractivity contribution in [3.05, 3.63) is 12.7 Å². The highest BCUT2D eigenvalue weighted by molar-refractivity contribution is 9.09. The summed E-state index contributed by atoms with van der Waals surface area (Å²) in [5.41, 5.74) is -0.538. The maximum absolute atomic E-state index is 14.8. The van der Waals surface area contributed by atoms with Gasteiger partial charge in [0.1, 0.15) is 6.04 Å². The maximum atomic E-state index is 14.8. The molecule has 0 saturated carbocycles. The van der Waals surface area contributed by atoms with E-state index in [1.54, 1.807) is 29.7 Å². The van der Waals surface area contributed by atoms with Crippen molar-refractivity contribution in [2.45, 2.75) is 107 Å². The number of ether oxygens (including phenoxy) is 1. The van der Waals surface area contributed by atoms with Crippen LogP contribution in [0.1, 0.15) is 74.7 Å². The summed E-state index contributed by atoms with van der Waals surface area (Å²) in [6, 6.07) is -1.31. The topological polar surface area (TPSA) is 87.2 Å². The number of esters is 1. The minimum absolute atomic E-state index is 0.0204. The van der Waals surface area contributed by atoms with Crippen LogP contribution in [0.4, 0.5) is 0 Å². The SMILES string of the molecule is C=CCN(C(=O)C1N([C@@H](CO)[C@@H](C)CC)C(=O)[C@@H]2[C@@H](C(=O)OCC)[C@@H]3SC12CC3Br)C(C)(C)CC(C)(C)C. The van der Waals surface area contributed by atoms with E-state index in [0.29, 0.717) is 13.0 Å². The van der Waals surface area contributed by atoms with E-state index in [1.165, 1.54) is 0 Å². The monoisotopic (exact) mass is 614 g/mol. The van der Waals surface area contributed by atoms with E-state index in [9.17, 15) is 19.5 Å². The van der Waals surface area contributed by atoms with Gasteiger partial charge in [0.25, 0.3) is 0 Å². The molecule has 2 bridgehead atoms. The number of thioether (sulfide) groups is 1. The van der Waals surface area contributed by atoms with E-state index in [-0.39, 0.29) is 52.4 Å². The van der Waals surface area contributed by atoms with Crippen molar-refractivity contribution in [1.82, 2.24) is 9.80 Å². The third-order valence-electron chi connectivity index (χ3n) is 8.64. The zero-order chi connectivity index (χ0) is 28.8. The molecule has 3 rings (SSSR count). The lowest BCUT2D eigenvalue weighted by molar-refractivity contribution is -0.154. The molecule has 2 amide bonds. The van der Waals surface area contributed by atoms with Crippen LogP contribution in [-0.4, -0.2) is 84.9 Å². The van der Waals surface area contributed by atoms with Crippen LogP contribution in [0.5, 0.6) is 0 Å². The molecule has 3 saturated heterocycles. The maximum Gasteiger partial charge on any atom is 0.310 e. The number of alkyl halides is 1. The van der Waals surface area contributed by atoms with Crippen molar-refractivity contribution in [3.8, 4) is 0 Å². The highest BCUT2D eigenvalue weighted by atomic mass is 79.9. The summed E-state index contributed by atoms with van der Waals surface area (Å²) < 4.78 is 4.68. The first kappa shape index (κ1) is 31.5. The molecule has 8 atom stereocenters. The second kappa shape index (κ2) is 11.4. The number of aliphatic hydroxyl groups excluding tert-OH is 1. The molecule has 38 heavy (non-hydrogen) atoms. The van der Waals surface area contributed by atoms with Gasteiger partial charge in [-0.1, -0.05) is 63.0 Å². The molecule has 0 aromatic heterocycles. The Morgan fingerprint density at radius 3 is 2.45 bits per heavy atom. The van der Waals surface area contributed by atoms with Crippen molar-refractivity contribution < 1.29 is 24.2 Å². The van der Waals surface area contributed by atoms with Crippen molar-refractivity contribution in [1.29, 1.82) is 0 Å². The second-order valence-corrected chi connectivity index (χ2v) is 15.8. The Labute approximate surface area is 241 Å². The van der Waals surface area contributed by atoms with E-state index in [1.807, 2.05) is 18.7 Å². The number of halogens is 1. The fourth-order valence-electron chi connectivity index (χ4n) is 7.33. The van der Waals surface area contributed by atoms with E-state index in [2.05, 4.69) is 57.1 Å². The first-order valence-electron chi connectivity index (χ1n) is 14.0. The summed E-state index contributed by atoms with van der Waals surface area (Å²) >= 11 is 5.40. The third-order valence-corrected chi connectivity index (χ3v) is 11.9. The van der Waals surface area contributed by atoms with E-state index >= 15 is 0 Å². The minimum Gasteiger partial charge on any atom is -0.466 e. The average molecular weight is 616 g/mol. The lowest BCUT2D eigenvalue weighted by Gasteiger charge is -2.47. The van der Waals surface area contributed by atoms with Crippen LogP contribution in [-0.2, 0) is 19.1 Å². The summed E-state index contributed by atoms with van der Waals surface area (Å²) in [5, 5.41) is 10.4. The lowest BCUT2D eigenvalue weighted by Crippen LogP contribution is -2.62. The fraction of sp³-hybridized carbons (Fsp3) is 0.828. The highest BCUT2D eigenvalue weighted by Gasteiger charge is 2.77. The third kappa shape index (κ3) is 5.32. The van der Waals surface area contributed by atoms with Gasteiger partial charge in [-0.2, -0.15) is 0 Å². The van der Waals surface area contributed by atoms with Gasteiger partial charge in [0, 0.05) is 22.2 Å². The number of rotatable bonds is 11. The van der Waals surface area contributed by atoms with Crippen LogP contribution in [0.2, 0.25) is 0 Å². The standard InChI is InChI=1S/C29H47BrN2O5S/c1-10-13-31(28(8,9)16-27(5,6)7)25(35)23-29-14-18(30)22(38-29)20(26(36)37-12-3)21(29)24(34)32(23)19(15-33)17(4)11-2/h10,17-23,33H,1,11-16H2,2-9H3/t17-,18?,19-,20+,21-,22+,23?,29?/m0/s1. The van der Waals surface area contributed by atoms with Crippen molar-refractivity contribution in [2.24, 2.45) is 23.2 Å². The van der Waals surface area contributed by atoms with Crippen LogP contribution in [0.3, 0.4) is 0 Å². The van der Waals surface area contributed by atoms with E-state index in [4.69, 9.17) is 4.74 Å². The normalized spacial score (nSPS) is 32.2. The molecule has 3 aliphatic heterocycles. The second-order valence-electron chi connectivity index (χ2n) is 13.1. The van der Waals surface area contributed by atoms with Crippen molar-refractivity contribution in [3.63, 3.8) is 0 Å². The van der Waals surface area contributed by atoms with E-state index < -0.39 is 34.2 Å². The van der Waals surface area contributed by atoms with E-state index in [0.717, 1.165) is 12.8 Å². The molecular weight excluding hydrogens is 568 g/mol. The number of nitrogens with zero attached hydrogens (tertiary/aromatic N) is 2. The van der Waals surface area contributed by atoms with Gasteiger partial charge in [0.2, 0.25) is 11.8 Å². The molecule has 3 fully saturated rings. The number of hydrogen-bond acceptors (Lipinski definition) is 6. The predicted octanol–water partition coefficient (Wildman–Crippen LogP) is 4.65. The number of likely N-dealkylation sites (tertiary alicyclic amines) is 1. The summed E-state index contributed by atoms with van der Waals surface area (Å²) in [4.78, 5) is 46.0. The first-order valence-corrected chi connectivity index (χ1v) is 15.7. The number of carbonyl (C=O) groups is 3. The largest absolute Gasteiger partial charge is 0.466 e. The smallest absolute Gasteiger partial charge is 0.310 e. The number of carbonyl (C=O) groups excluding carboxylic acids is 3. The molecule has 0 aromatic rings. The molecule has 3 heterocycles. The molecule has 9 heteroatoms. The molecule has 0 aliphatic carbocycles. The number of aliphatic hydroxyl groups is 1. The minimum atomic E-state index is -0.792. The Hall–Kier alpha value is -1.06. The van der Waals surface area contributed by atoms with Gasteiger partial charge in [-0.05, 0) is 44.9 Å². The first-order chi connectivity index (χ1) is 17.6. The average Bonchev–Trinajstić information content (AvgIpc) is 3.39. The Morgan fingerprint density at radius 1 is 1.32 bits per heavy atom. The molecular formula is C29H47BrN2O5S. The van der Waals surface area contributed by atoms with Crippen molar-refractivity contribution in [2.75, 3.05) is 19.8 Å². The van der Waals surface area contributed by atoms with Gasteiger partial charge in [-0.25, -0.2) is 0 Å². The highest BCUT2D eigenvalue weighted by Crippen LogP contribution is 2.68. The van der Waals surface area contributed by atoms with Gasteiger partial charge in [-0.3, -0.25) is 14.4 Å². The van der Waals surface area contributed by atoms with Gasteiger partial charge in [-0.15, -0.1) is 18.3 Å². The van der Waals surface area contributed by atoms with Gasteiger partial charge in [0.15, 0.2) is 0 Å². The summed E-state index contributed by atoms with van der Waals surface area (Å²) in [6.45, 7) is 20.7. The summed E-state index contributed by atoms with van der Waals surface area (Å²) in [5.74, 6) is -2.02. The van der Waals surface area contributed by atoms with Crippen LogP contribution in [0, 0.1) is 23.2 Å². The molecule has 3 unspecified atom stereocenters. The fourth-order valence-corrected chi connectivity index (χ4v) is 10.9. The van der Waals surface area contributed by atoms with Crippen LogP contribution in [0.25, 0.3) is 0 Å². The lowest BCUT2D eigenvalue weighted by atomic mass is 9.70. The molecule has 0 radical (unpaired) electrons. The Kier molecular flexibility index (Phi) is 9.47. The van der Waals surface area contributed by atoms with Gasteiger partial charge >= 0.3 is 5.97 Å². The Bertz CT molecular complexity index is 936. The number of amides is 2. The van der Waals surface area contributed by atoms with Gasteiger partial charge < -0.3 is 19.6 Å². The summed E-state index contributed by atoms with van der Waals surface area (Å²) in [7, 11) is 0. The number of fused-ring (bicyclic) bond motifs is 1. The van der Waals surface area contributed by atoms with Gasteiger partial charge in [0.05, 0.1) is 35.8 Å². The van der Waals surface area contributed by atoms with Crippen LogP contribution in [0.15, 0.2) is 12.7 Å². The predicted molar refractivity (Wildman–Crippen MR) is 156 cm³/mol. The Morgan fingerprint density at radius 2 is 1.95 bits per heavy atom. The number of hydrogen-bond donors (Lipinski definition) is 1. The summed E-state index contributed by atoms with van der Waals surface area (Å²) in [6.07, 6.45) is 3.85. The van der Waals surface area contributed by atoms with Crippen molar-refractivity contribution >= 4 is 45.5 Å². The van der Waals surface area contributed by atoms with Crippen LogP contribution < -0.4 is 0 Å². The molecule has 7 nitrogen and oxygen atoms in total. The molecule has 216 valence electrons. The zero-order valence-corrected chi connectivity index (χ0v) is 26.7. The zero-order valence-electron chi connectivity index (χ0n) is 24.3. The Balaban J connectivity index is 2.19.